The average Bonchev–Trinajstić information content (AvgIpc) is 3.30. The molecule has 1 aromatic carbocycles. The summed E-state index contributed by atoms with van der Waals surface area (Å²) < 4.78 is 0. The number of carbonyl (C=O) groups is 3. The Bertz CT molecular complexity index is 792. The number of aromatic hydroxyl groups is 1. The molecule has 6 heteroatoms. The molecule has 2 saturated carbocycles. The number of nitrogens with zero attached hydrogens (tertiary/aromatic N) is 2. The maximum absolute atomic E-state index is 13.2. The predicted molar refractivity (Wildman–Crippen MR) is 94.7 cm³/mol. The minimum Gasteiger partial charge on any atom is -0.508 e. The van der Waals surface area contributed by atoms with E-state index in [1.165, 1.54) is 23.5 Å². The lowest BCUT2D eigenvalue weighted by molar-refractivity contribution is -0.135. The maximum atomic E-state index is 13.2. The highest BCUT2D eigenvalue weighted by molar-refractivity contribution is 6.11. The first-order valence-electron chi connectivity index (χ1n) is 9.24. The van der Waals surface area contributed by atoms with Crippen LogP contribution in [0.1, 0.15) is 43.0 Å². The molecule has 2 unspecified atom stereocenters. The molecule has 1 N–H and O–H groups in total. The van der Waals surface area contributed by atoms with Gasteiger partial charge in [-0.05, 0) is 56.1 Å². The second-order valence-electron chi connectivity index (χ2n) is 8.14. The molecule has 26 heavy (non-hydrogen) atoms. The van der Waals surface area contributed by atoms with Crippen molar-refractivity contribution < 1.29 is 19.5 Å². The molecule has 6 nitrogen and oxygen atoms in total. The van der Waals surface area contributed by atoms with E-state index in [1.54, 1.807) is 19.2 Å². The van der Waals surface area contributed by atoms with Crippen LogP contribution in [0.25, 0.3) is 0 Å². The summed E-state index contributed by atoms with van der Waals surface area (Å²) in [7, 11) is 1.67. The van der Waals surface area contributed by atoms with Gasteiger partial charge in [0.25, 0.3) is 5.91 Å². The highest BCUT2D eigenvalue weighted by Gasteiger charge is 2.61. The van der Waals surface area contributed by atoms with Crippen molar-refractivity contribution in [2.24, 2.45) is 17.8 Å². The van der Waals surface area contributed by atoms with Crippen molar-refractivity contribution in [3.05, 3.63) is 29.8 Å². The number of benzene rings is 1. The number of phenolic OH excluding ortho intramolecular Hbond substituents is 1. The standard InChI is InChI=1S/C20H24N2O4/c1-20(16-9-12-6-7-13(16)8-12)18(25)22(19(26)21(20)2)11-17(24)14-4-3-5-15(23)10-14/h3-5,10,12-13,16,23H,6-9,11H2,1-2H3/t12-,13?,16-,20?/m1/s1. The van der Waals surface area contributed by atoms with Crippen molar-refractivity contribution in [3.8, 4) is 5.75 Å². The van der Waals surface area contributed by atoms with Crippen LogP contribution >= 0.6 is 0 Å². The van der Waals surface area contributed by atoms with Gasteiger partial charge in [0, 0.05) is 12.6 Å². The lowest BCUT2D eigenvalue weighted by Gasteiger charge is -2.39. The fourth-order valence-electron chi connectivity index (χ4n) is 5.28. The lowest BCUT2D eigenvalue weighted by atomic mass is 9.74. The van der Waals surface area contributed by atoms with Crippen LogP contribution in [0.2, 0.25) is 0 Å². The van der Waals surface area contributed by atoms with Crippen LogP contribution in [0.4, 0.5) is 4.79 Å². The quantitative estimate of drug-likeness (QED) is 0.665. The predicted octanol–water partition coefficient (Wildman–Crippen LogP) is 2.66. The van der Waals surface area contributed by atoms with Crippen molar-refractivity contribution in [2.75, 3.05) is 13.6 Å². The van der Waals surface area contributed by atoms with Crippen LogP contribution in [0.15, 0.2) is 24.3 Å². The molecular weight excluding hydrogens is 332 g/mol. The van der Waals surface area contributed by atoms with Gasteiger partial charge in [0.2, 0.25) is 0 Å². The molecule has 4 rings (SSSR count). The molecule has 1 heterocycles. The summed E-state index contributed by atoms with van der Waals surface area (Å²) in [5.41, 5.74) is -0.572. The molecule has 0 aromatic heterocycles. The first-order chi connectivity index (χ1) is 12.3. The molecule has 1 aliphatic heterocycles. The van der Waals surface area contributed by atoms with E-state index in [9.17, 15) is 19.5 Å². The third kappa shape index (κ3) is 2.35. The SMILES string of the molecule is CN1C(=O)N(CC(=O)c2cccc(O)c2)C(=O)C1(C)[C@@H]1C[C@@H]2CCC1C2. The number of carbonyl (C=O) groups excluding carboxylic acids is 3. The van der Waals surface area contributed by atoms with Crippen molar-refractivity contribution >= 4 is 17.7 Å². The molecule has 2 aliphatic carbocycles. The number of urea groups is 1. The van der Waals surface area contributed by atoms with Gasteiger partial charge in [-0.1, -0.05) is 18.6 Å². The Balaban J connectivity index is 1.57. The second-order valence-corrected chi connectivity index (χ2v) is 8.14. The van der Waals surface area contributed by atoms with Gasteiger partial charge < -0.3 is 10.0 Å². The summed E-state index contributed by atoms with van der Waals surface area (Å²) in [4.78, 5) is 41.1. The summed E-state index contributed by atoms with van der Waals surface area (Å²) in [6.45, 7) is 1.57. The zero-order chi connectivity index (χ0) is 18.6. The lowest BCUT2D eigenvalue weighted by Crippen LogP contribution is -2.53. The van der Waals surface area contributed by atoms with Gasteiger partial charge in [0.15, 0.2) is 5.78 Å². The Hall–Kier alpha value is -2.37. The number of hydrogen-bond acceptors (Lipinski definition) is 4. The largest absolute Gasteiger partial charge is 0.508 e. The van der Waals surface area contributed by atoms with Crippen LogP contribution in [-0.4, -0.2) is 51.8 Å². The van der Waals surface area contributed by atoms with Crippen LogP contribution in [-0.2, 0) is 4.79 Å². The van der Waals surface area contributed by atoms with Gasteiger partial charge in [-0.3, -0.25) is 14.5 Å². The fraction of sp³-hybridized carbons (Fsp3) is 0.550. The van der Waals surface area contributed by atoms with Gasteiger partial charge in [-0.15, -0.1) is 0 Å². The molecule has 1 saturated heterocycles. The summed E-state index contributed by atoms with van der Waals surface area (Å²) in [6, 6.07) is 5.57. The highest BCUT2D eigenvalue weighted by atomic mass is 16.3. The van der Waals surface area contributed by atoms with Gasteiger partial charge in [-0.25, -0.2) is 4.79 Å². The Labute approximate surface area is 152 Å². The molecule has 0 radical (unpaired) electrons. The van der Waals surface area contributed by atoms with E-state index >= 15 is 0 Å². The fourth-order valence-corrected chi connectivity index (χ4v) is 5.28. The minimum absolute atomic E-state index is 0.0149. The van der Waals surface area contributed by atoms with Crippen molar-refractivity contribution in [3.63, 3.8) is 0 Å². The third-order valence-electron chi connectivity index (χ3n) is 6.82. The number of imide groups is 1. The Morgan fingerprint density at radius 1 is 1.27 bits per heavy atom. The Kier molecular flexibility index (Phi) is 3.82. The molecule has 4 atom stereocenters. The van der Waals surface area contributed by atoms with E-state index < -0.39 is 11.6 Å². The maximum Gasteiger partial charge on any atom is 0.327 e. The number of amides is 3. The number of hydrogen-bond donors (Lipinski definition) is 1. The number of likely N-dealkylation sites (N-methyl/N-ethyl adjacent to an activating group) is 1. The molecule has 3 amide bonds. The van der Waals surface area contributed by atoms with Crippen molar-refractivity contribution in [2.45, 2.75) is 38.1 Å². The first kappa shape index (κ1) is 17.1. The highest BCUT2D eigenvalue weighted by Crippen LogP contribution is 2.54. The summed E-state index contributed by atoms with van der Waals surface area (Å²) in [6.07, 6.45) is 4.49. The zero-order valence-electron chi connectivity index (χ0n) is 15.1. The number of fused-ring (bicyclic) bond motifs is 2. The second kappa shape index (κ2) is 5.83. The Morgan fingerprint density at radius 3 is 2.65 bits per heavy atom. The monoisotopic (exact) mass is 356 g/mol. The van der Waals surface area contributed by atoms with Crippen molar-refractivity contribution in [1.82, 2.24) is 9.80 Å². The molecule has 0 spiro atoms. The van der Waals surface area contributed by atoms with Crippen molar-refractivity contribution in [1.29, 1.82) is 0 Å². The molecular formula is C20H24N2O4. The number of Topliss-reactive ketones (excluding diaryl/α,β-unsaturated/α-hetero) is 1. The van der Waals surface area contributed by atoms with Gasteiger partial charge in [-0.2, -0.15) is 0 Å². The molecule has 1 aromatic rings. The topological polar surface area (TPSA) is 77.9 Å². The molecule has 2 bridgehead atoms. The van der Waals surface area contributed by atoms with Crippen LogP contribution in [0.3, 0.4) is 0 Å². The molecule has 3 fully saturated rings. The average molecular weight is 356 g/mol. The van der Waals surface area contributed by atoms with Gasteiger partial charge in [0.1, 0.15) is 11.3 Å². The van der Waals surface area contributed by atoms with Crippen LogP contribution < -0.4 is 0 Å². The minimum atomic E-state index is -0.865. The molecule has 3 aliphatic rings. The summed E-state index contributed by atoms with van der Waals surface area (Å²) >= 11 is 0. The van der Waals surface area contributed by atoms with Gasteiger partial charge >= 0.3 is 6.03 Å². The van der Waals surface area contributed by atoms with Gasteiger partial charge in [0.05, 0.1) is 6.54 Å². The van der Waals surface area contributed by atoms with E-state index in [0.717, 1.165) is 24.2 Å². The number of phenols is 1. The molecule has 138 valence electrons. The first-order valence-corrected chi connectivity index (χ1v) is 9.24. The van der Waals surface area contributed by atoms with E-state index in [1.807, 2.05) is 6.92 Å². The van der Waals surface area contributed by atoms with E-state index in [0.29, 0.717) is 17.4 Å². The smallest absolute Gasteiger partial charge is 0.327 e. The van der Waals surface area contributed by atoms with E-state index in [2.05, 4.69) is 0 Å². The third-order valence-corrected chi connectivity index (χ3v) is 6.82. The Morgan fingerprint density at radius 2 is 2.04 bits per heavy atom. The van der Waals surface area contributed by atoms with Crippen LogP contribution in [0, 0.1) is 17.8 Å². The number of ketones is 1. The van der Waals surface area contributed by atoms with E-state index in [4.69, 9.17) is 0 Å². The summed E-state index contributed by atoms with van der Waals surface area (Å²) in [5, 5.41) is 9.55. The number of rotatable bonds is 4. The zero-order valence-corrected chi connectivity index (χ0v) is 15.1. The summed E-state index contributed by atoms with van der Waals surface area (Å²) in [5.74, 6) is 0.693. The van der Waals surface area contributed by atoms with Crippen LogP contribution in [0.5, 0.6) is 5.75 Å². The normalized spacial score (nSPS) is 33.4. The van der Waals surface area contributed by atoms with E-state index in [-0.39, 0.29) is 29.9 Å².